The van der Waals surface area contributed by atoms with Crippen LogP contribution in [0.4, 0.5) is 0 Å². The maximum Gasteiger partial charge on any atom is 0.243 e. The van der Waals surface area contributed by atoms with Gasteiger partial charge in [0.05, 0.1) is 4.90 Å². The third kappa shape index (κ3) is 3.38. The van der Waals surface area contributed by atoms with Crippen molar-refractivity contribution in [2.24, 2.45) is 11.1 Å². The molecule has 1 unspecified atom stereocenters. The monoisotopic (exact) mass is 358 g/mol. The van der Waals surface area contributed by atoms with Crippen LogP contribution in [0.15, 0.2) is 59.5 Å². The molecule has 0 amide bonds. The predicted molar refractivity (Wildman–Crippen MR) is 96.9 cm³/mol. The van der Waals surface area contributed by atoms with Crippen LogP contribution in [0, 0.1) is 5.41 Å². The van der Waals surface area contributed by atoms with Gasteiger partial charge in [0, 0.05) is 24.2 Å². The molecule has 132 valence electrons. The van der Waals surface area contributed by atoms with Gasteiger partial charge in [-0.15, -0.1) is 0 Å². The van der Waals surface area contributed by atoms with Crippen LogP contribution in [-0.4, -0.2) is 38.1 Å². The number of carbonyl (C=O) groups excluding carboxylic acids is 1. The van der Waals surface area contributed by atoms with Crippen molar-refractivity contribution in [3.8, 4) is 0 Å². The minimum atomic E-state index is -3.75. The van der Waals surface area contributed by atoms with Crippen LogP contribution in [0.1, 0.15) is 29.3 Å². The molecular formula is C19H22N2O3S. The summed E-state index contributed by atoms with van der Waals surface area (Å²) < 4.78 is 27.7. The van der Waals surface area contributed by atoms with Crippen LogP contribution < -0.4 is 5.73 Å². The molecule has 0 aromatic heterocycles. The molecule has 0 aliphatic carbocycles. The van der Waals surface area contributed by atoms with Gasteiger partial charge in [-0.05, 0) is 30.5 Å². The van der Waals surface area contributed by atoms with Gasteiger partial charge in [0.1, 0.15) is 0 Å². The van der Waals surface area contributed by atoms with Crippen LogP contribution in [0.25, 0.3) is 0 Å². The molecule has 0 radical (unpaired) electrons. The summed E-state index contributed by atoms with van der Waals surface area (Å²) in [5.41, 5.74) is 6.25. The Labute approximate surface area is 148 Å². The molecule has 6 heteroatoms. The highest BCUT2D eigenvalue weighted by atomic mass is 32.2. The summed E-state index contributed by atoms with van der Waals surface area (Å²) in [4.78, 5) is 12.9. The summed E-state index contributed by atoms with van der Waals surface area (Å²) >= 11 is 0. The molecule has 25 heavy (non-hydrogen) atoms. The second-order valence-corrected chi connectivity index (χ2v) is 8.70. The quantitative estimate of drug-likeness (QED) is 0.832. The number of sulfonamides is 1. The largest absolute Gasteiger partial charge is 0.330 e. The zero-order chi connectivity index (χ0) is 18.1. The van der Waals surface area contributed by atoms with E-state index in [-0.39, 0.29) is 21.7 Å². The lowest BCUT2D eigenvalue weighted by Crippen LogP contribution is -2.35. The Morgan fingerprint density at radius 2 is 1.76 bits per heavy atom. The van der Waals surface area contributed by atoms with E-state index in [0.29, 0.717) is 25.2 Å². The van der Waals surface area contributed by atoms with Crippen molar-refractivity contribution in [1.82, 2.24) is 4.31 Å². The van der Waals surface area contributed by atoms with Crippen LogP contribution in [0.3, 0.4) is 0 Å². The van der Waals surface area contributed by atoms with Crippen molar-refractivity contribution in [3.63, 3.8) is 0 Å². The first-order chi connectivity index (χ1) is 11.9. The number of carbonyl (C=O) groups is 1. The molecule has 1 saturated heterocycles. The van der Waals surface area contributed by atoms with Crippen molar-refractivity contribution in [2.75, 3.05) is 19.6 Å². The number of hydrogen-bond acceptors (Lipinski definition) is 4. The minimum absolute atomic E-state index is 0.0603. The molecule has 2 N–H and O–H groups in total. The van der Waals surface area contributed by atoms with Crippen molar-refractivity contribution < 1.29 is 13.2 Å². The molecule has 0 saturated carbocycles. The summed E-state index contributed by atoms with van der Waals surface area (Å²) in [6.07, 6.45) is 0.720. The molecule has 2 aromatic carbocycles. The summed E-state index contributed by atoms with van der Waals surface area (Å²) in [6.45, 7) is 3.22. The number of nitrogens with two attached hydrogens (primary N) is 1. The molecule has 1 aliphatic rings. The number of nitrogens with zero attached hydrogens (tertiary/aromatic N) is 1. The zero-order valence-corrected chi connectivity index (χ0v) is 15.0. The molecule has 0 bridgehead atoms. The molecular weight excluding hydrogens is 336 g/mol. The van der Waals surface area contributed by atoms with Gasteiger partial charge in [0.15, 0.2) is 5.78 Å². The molecule has 1 fully saturated rings. The SMILES string of the molecule is CC1(CN)CCN(S(=O)(=O)c2ccccc2C(=O)c2ccccc2)C1. The van der Waals surface area contributed by atoms with Crippen LogP contribution in [0.2, 0.25) is 0 Å². The third-order valence-electron chi connectivity index (χ3n) is 4.80. The summed E-state index contributed by atoms with van der Waals surface area (Å²) in [5.74, 6) is -0.291. The zero-order valence-electron chi connectivity index (χ0n) is 14.2. The van der Waals surface area contributed by atoms with Crippen molar-refractivity contribution in [3.05, 3.63) is 65.7 Å². The lowest BCUT2D eigenvalue weighted by molar-refractivity contribution is 0.103. The summed E-state index contributed by atoms with van der Waals surface area (Å²) in [6, 6.07) is 15.1. The van der Waals surface area contributed by atoms with E-state index < -0.39 is 10.0 Å². The van der Waals surface area contributed by atoms with E-state index in [4.69, 9.17) is 5.73 Å². The van der Waals surface area contributed by atoms with Gasteiger partial charge in [-0.3, -0.25) is 4.79 Å². The van der Waals surface area contributed by atoms with E-state index in [1.807, 2.05) is 13.0 Å². The lowest BCUT2D eigenvalue weighted by Gasteiger charge is -2.23. The van der Waals surface area contributed by atoms with Gasteiger partial charge < -0.3 is 5.73 Å². The predicted octanol–water partition coefficient (Wildman–Crippen LogP) is 2.28. The molecule has 0 spiro atoms. The fourth-order valence-electron chi connectivity index (χ4n) is 3.11. The Hall–Kier alpha value is -2.02. The topological polar surface area (TPSA) is 80.5 Å². The van der Waals surface area contributed by atoms with E-state index in [1.54, 1.807) is 42.5 Å². The van der Waals surface area contributed by atoms with Crippen LogP contribution in [0.5, 0.6) is 0 Å². The Morgan fingerprint density at radius 1 is 1.12 bits per heavy atom. The summed E-state index contributed by atoms with van der Waals surface area (Å²) in [5, 5.41) is 0. The smallest absolute Gasteiger partial charge is 0.243 e. The second kappa shape index (κ2) is 6.71. The van der Waals surface area contributed by atoms with E-state index in [2.05, 4.69) is 0 Å². The maximum atomic E-state index is 13.1. The van der Waals surface area contributed by atoms with E-state index in [9.17, 15) is 13.2 Å². The standard InChI is InChI=1S/C19H22N2O3S/c1-19(13-20)11-12-21(14-19)25(23,24)17-10-6-5-9-16(17)18(22)15-7-3-2-4-8-15/h2-10H,11-14,20H2,1H3. The Morgan fingerprint density at radius 3 is 2.40 bits per heavy atom. The average Bonchev–Trinajstić information content (AvgIpc) is 3.06. The first-order valence-electron chi connectivity index (χ1n) is 8.26. The van der Waals surface area contributed by atoms with Gasteiger partial charge in [-0.1, -0.05) is 49.4 Å². The number of hydrogen-bond donors (Lipinski definition) is 1. The summed E-state index contributed by atoms with van der Waals surface area (Å²) in [7, 11) is -3.75. The van der Waals surface area contributed by atoms with E-state index >= 15 is 0 Å². The fourth-order valence-corrected chi connectivity index (χ4v) is 4.89. The van der Waals surface area contributed by atoms with Crippen molar-refractivity contribution in [2.45, 2.75) is 18.2 Å². The van der Waals surface area contributed by atoms with Crippen molar-refractivity contribution >= 4 is 15.8 Å². The Kier molecular flexibility index (Phi) is 4.77. The molecule has 1 heterocycles. The molecule has 3 rings (SSSR count). The van der Waals surface area contributed by atoms with Crippen LogP contribution in [-0.2, 0) is 10.0 Å². The number of benzene rings is 2. The fraction of sp³-hybridized carbons (Fsp3) is 0.316. The first-order valence-corrected chi connectivity index (χ1v) is 9.70. The highest BCUT2D eigenvalue weighted by Gasteiger charge is 2.40. The molecule has 1 aliphatic heterocycles. The Bertz CT molecular complexity index is 881. The first kappa shape index (κ1) is 17.8. The van der Waals surface area contributed by atoms with Gasteiger partial charge in [0.25, 0.3) is 0 Å². The van der Waals surface area contributed by atoms with Crippen molar-refractivity contribution in [1.29, 1.82) is 0 Å². The lowest BCUT2D eigenvalue weighted by atomic mass is 9.90. The second-order valence-electron chi connectivity index (χ2n) is 6.79. The van der Waals surface area contributed by atoms with Gasteiger partial charge in [0.2, 0.25) is 10.0 Å². The molecule has 5 nitrogen and oxygen atoms in total. The van der Waals surface area contributed by atoms with E-state index in [1.165, 1.54) is 10.4 Å². The van der Waals surface area contributed by atoms with Gasteiger partial charge in [-0.25, -0.2) is 8.42 Å². The van der Waals surface area contributed by atoms with Gasteiger partial charge in [-0.2, -0.15) is 4.31 Å². The minimum Gasteiger partial charge on any atom is -0.330 e. The maximum absolute atomic E-state index is 13.1. The van der Waals surface area contributed by atoms with E-state index in [0.717, 1.165) is 6.42 Å². The average molecular weight is 358 g/mol. The molecule has 2 aromatic rings. The van der Waals surface area contributed by atoms with Crippen LogP contribution >= 0.6 is 0 Å². The number of rotatable bonds is 5. The normalized spacial score (nSPS) is 21.4. The van der Waals surface area contributed by atoms with Gasteiger partial charge >= 0.3 is 0 Å². The molecule has 1 atom stereocenters. The Balaban J connectivity index is 2.00. The number of ketones is 1. The highest BCUT2D eigenvalue weighted by molar-refractivity contribution is 7.89. The third-order valence-corrected chi connectivity index (χ3v) is 6.70. The highest BCUT2D eigenvalue weighted by Crippen LogP contribution is 2.33.